The highest BCUT2D eigenvalue weighted by atomic mass is 16.5. The Bertz CT molecular complexity index is 1020. The van der Waals surface area contributed by atoms with E-state index < -0.39 is 0 Å². The summed E-state index contributed by atoms with van der Waals surface area (Å²) in [5.74, 6) is 1.82. The number of benzene rings is 1. The number of aryl methyl sites for hydroxylation is 1. The predicted octanol–water partition coefficient (Wildman–Crippen LogP) is 3.17. The molecule has 1 aromatic carbocycles. The number of aromatic nitrogens is 3. The van der Waals surface area contributed by atoms with Gasteiger partial charge in [0.15, 0.2) is 5.82 Å². The number of carbonyl (C=O) groups is 1. The summed E-state index contributed by atoms with van der Waals surface area (Å²) in [4.78, 5) is 21.5. The highest BCUT2D eigenvalue weighted by molar-refractivity contribution is 5.79. The van der Waals surface area contributed by atoms with Gasteiger partial charge in [-0.2, -0.15) is 5.10 Å². The second kappa shape index (κ2) is 9.20. The average molecular weight is 420 g/mol. The van der Waals surface area contributed by atoms with E-state index in [1.807, 2.05) is 65.9 Å². The van der Waals surface area contributed by atoms with Gasteiger partial charge < -0.3 is 14.5 Å². The first-order chi connectivity index (χ1) is 15.1. The normalized spacial score (nSPS) is 14.0. The van der Waals surface area contributed by atoms with E-state index in [4.69, 9.17) is 9.84 Å². The van der Waals surface area contributed by atoms with Crippen LogP contribution in [0.3, 0.4) is 0 Å². The first-order valence-corrected chi connectivity index (χ1v) is 10.8. The molecule has 2 aromatic heterocycles. The van der Waals surface area contributed by atoms with Gasteiger partial charge in [-0.25, -0.2) is 9.67 Å². The van der Waals surface area contributed by atoms with Crippen molar-refractivity contribution in [2.45, 2.75) is 27.2 Å². The fourth-order valence-electron chi connectivity index (χ4n) is 4.13. The molecule has 3 heterocycles. The van der Waals surface area contributed by atoms with E-state index in [9.17, 15) is 4.79 Å². The summed E-state index contributed by atoms with van der Waals surface area (Å²) in [6.07, 6.45) is 2.20. The lowest BCUT2D eigenvalue weighted by Crippen LogP contribution is -2.49. The molecule has 162 valence electrons. The van der Waals surface area contributed by atoms with Crippen LogP contribution in [-0.2, 0) is 11.2 Å². The number of anilines is 1. The Morgan fingerprint density at radius 1 is 1.03 bits per heavy atom. The third-order valence-corrected chi connectivity index (χ3v) is 5.66. The zero-order chi connectivity index (χ0) is 21.8. The maximum atomic E-state index is 12.8. The van der Waals surface area contributed by atoms with Gasteiger partial charge in [0, 0.05) is 32.4 Å². The van der Waals surface area contributed by atoms with Crippen LogP contribution >= 0.6 is 0 Å². The Morgan fingerprint density at radius 3 is 2.42 bits per heavy atom. The van der Waals surface area contributed by atoms with E-state index in [-0.39, 0.29) is 5.91 Å². The number of rotatable bonds is 6. The van der Waals surface area contributed by atoms with Gasteiger partial charge in [-0.1, -0.05) is 18.2 Å². The van der Waals surface area contributed by atoms with Gasteiger partial charge in [0.2, 0.25) is 5.91 Å². The van der Waals surface area contributed by atoms with Crippen LogP contribution in [0.1, 0.15) is 23.9 Å². The van der Waals surface area contributed by atoms with Crippen molar-refractivity contribution in [3.63, 3.8) is 0 Å². The van der Waals surface area contributed by atoms with Gasteiger partial charge >= 0.3 is 0 Å². The fourth-order valence-corrected chi connectivity index (χ4v) is 4.13. The summed E-state index contributed by atoms with van der Waals surface area (Å²) in [6, 6.07) is 13.6. The van der Waals surface area contributed by atoms with Gasteiger partial charge in [-0.05, 0) is 50.6 Å². The van der Waals surface area contributed by atoms with Gasteiger partial charge in [0.05, 0.1) is 30.1 Å². The summed E-state index contributed by atoms with van der Waals surface area (Å²) < 4.78 is 7.37. The molecule has 0 N–H and O–H groups in total. The van der Waals surface area contributed by atoms with E-state index in [1.165, 1.54) is 0 Å². The highest BCUT2D eigenvalue weighted by Gasteiger charge is 2.25. The molecule has 0 atom stereocenters. The first kappa shape index (κ1) is 20.9. The van der Waals surface area contributed by atoms with Crippen molar-refractivity contribution in [3.8, 4) is 11.6 Å². The molecule has 3 aromatic rings. The molecule has 1 fully saturated rings. The first-order valence-electron chi connectivity index (χ1n) is 10.8. The monoisotopic (exact) mass is 419 g/mol. The van der Waals surface area contributed by atoms with Crippen LogP contribution in [0, 0.1) is 13.8 Å². The lowest BCUT2D eigenvalue weighted by molar-refractivity contribution is -0.130. The zero-order valence-electron chi connectivity index (χ0n) is 18.4. The van der Waals surface area contributed by atoms with E-state index in [0.717, 1.165) is 47.3 Å². The van der Waals surface area contributed by atoms with Crippen molar-refractivity contribution in [2.24, 2.45) is 0 Å². The van der Waals surface area contributed by atoms with Crippen LogP contribution in [0.15, 0.2) is 48.7 Å². The molecule has 0 unspecified atom stereocenters. The molecule has 31 heavy (non-hydrogen) atoms. The molecule has 4 rings (SSSR count). The van der Waals surface area contributed by atoms with Gasteiger partial charge in [-0.15, -0.1) is 0 Å². The number of ether oxygens (including phenoxy) is 1. The molecule has 7 heteroatoms. The van der Waals surface area contributed by atoms with E-state index in [0.29, 0.717) is 26.1 Å². The van der Waals surface area contributed by atoms with Gasteiger partial charge in [0.25, 0.3) is 0 Å². The van der Waals surface area contributed by atoms with Crippen LogP contribution < -0.4 is 9.64 Å². The Morgan fingerprint density at radius 2 is 1.77 bits per heavy atom. The fraction of sp³-hybridized carbons (Fsp3) is 0.375. The van der Waals surface area contributed by atoms with Crippen LogP contribution in [0.25, 0.3) is 5.82 Å². The van der Waals surface area contributed by atoms with Crippen molar-refractivity contribution in [1.29, 1.82) is 0 Å². The van der Waals surface area contributed by atoms with Crippen LogP contribution in [0.5, 0.6) is 5.75 Å². The van der Waals surface area contributed by atoms with Crippen molar-refractivity contribution < 1.29 is 9.53 Å². The smallest absolute Gasteiger partial charge is 0.227 e. The van der Waals surface area contributed by atoms with Crippen molar-refractivity contribution >= 4 is 11.6 Å². The molecule has 0 aliphatic carbocycles. The molecule has 7 nitrogen and oxygen atoms in total. The number of hydrogen-bond acceptors (Lipinski definition) is 5. The lowest BCUT2D eigenvalue weighted by Gasteiger charge is -2.36. The molecular formula is C24H29N5O2. The quantitative estimate of drug-likeness (QED) is 0.614. The molecule has 1 aliphatic heterocycles. The molecule has 0 radical (unpaired) electrons. The third kappa shape index (κ3) is 4.55. The Hall–Kier alpha value is -3.35. The third-order valence-electron chi connectivity index (χ3n) is 5.66. The molecule has 0 bridgehead atoms. The standard InChI is InChI=1S/C24H29N5O2/c1-4-31-21-10-8-20(9-11-21)17-23(30)27-13-15-28(16-14-27)24-18(2)26-29(19(24)3)22-7-5-6-12-25-22/h5-12H,4,13-17H2,1-3H3. The number of nitrogens with zero attached hydrogens (tertiary/aromatic N) is 5. The minimum atomic E-state index is 0.168. The summed E-state index contributed by atoms with van der Waals surface area (Å²) >= 11 is 0. The summed E-state index contributed by atoms with van der Waals surface area (Å²) in [5, 5.41) is 4.71. The Balaban J connectivity index is 1.38. The molecule has 1 aliphatic rings. The maximum absolute atomic E-state index is 12.8. The molecular weight excluding hydrogens is 390 g/mol. The van der Waals surface area contributed by atoms with Gasteiger partial charge in [0.1, 0.15) is 5.75 Å². The highest BCUT2D eigenvalue weighted by Crippen LogP contribution is 2.27. The number of hydrogen-bond donors (Lipinski definition) is 0. The largest absolute Gasteiger partial charge is 0.494 e. The van der Waals surface area contributed by atoms with Crippen LogP contribution in [0.2, 0.25) is 0 Å². The van der Waals surface area contributed by atoms with E-state index in [1.54, 1.807) is 6.20 Å². The molecule has 0 saturated carbocycles. The minimum absolute atomic E-state index is 0.168. The van der Waals surface area contributed by atoms with Crippen molar-refractivity contribution in [1.82, 2.24) is 19.7 Å². The zero-order valence-corrected chi connectivity index (χ0v) is 18.4. The predicted molar refractivity (Wildman–Crippen MR) is 121 cm³/mol. The van der Waals surface area contributed by atoms with E-state index in [2.05, 4.69) is 16.8 Å². The average Bonchev–Trinajstić information content (AvgIpc) is 3.10. The molecule has 0 spiro atoms. The van der Waals surface area contributed by atoms with E-state index >= 15 is 0 Å². The lowest BCUT2D eigenvalue weighted by atomic mass is 10.1. The van der Waals surface area contributed by atoms with Crippen molar-refractivity contribution in [3.05, 3.63) is 65.6 Å². The number of pyridine rings is 1. The maximum Gasteiger partial charge on any atom is 0.227 e. The number of amides is 1. The second-order valence-corrected chi connectivity index (χ2v) is 7.74. The Labute approximate surface area is 183 Å². The SMILES string of the molecule is CCOc1ccc(CC(=O)N2CCN(c3c(C)nn(-c4ccccn4)c3C)CC2)cc1. The topological polar surface area (TPSA) is 63.5 Å². The van der Waals surface area contributed by atoms with Crippen LogP contribution in [0.4, 0.5) is 5.69 Å². The second-order valence-electron chi connectivity index (χ2n) is 7.74. The summed E-state index contributed by atoms with van der Waals surface area (Å²) in [7, 11) is 0. The minimum Gasteiger partial charge on any atom is -0.494 e. The summed E-state index contributed by atoms with van der Waals surface area (Å²) in [5.41, 5.74) is 4.21. The van der Waals surface area contributed by atoms with Crippen LogP contribution in [-0.4, -0.2) is 58.4 Å². The summed E-state index contributed by atoms with van der Waals surface area (Å²) in [6.45, 7) is 9.73. The Kier molecular flexibility index (Phi) is 6.21. The molecule has 1 amide bonds. The molecule has 1 saturated heterocycles. The van der Waals surface area contributed by atoms with Crippen molar-refractivity contribution in [2.75, 3.05) is 37.7 Å². The number of piperazine rings is 1. The number of carbonyl (C=O) groups excluding carboxylic acids is 1. The van der Waals surface area contributed by atoms with Gasteiger partial charge in [-0.3, -0.25) is 4.79 Å².